The summed E-state index contributed by atoms with van der Waals surface area (Å²) in [4.78, 5) is 21.6. The molecule has 2 aromatic heterocycles. The van der Waals surface area contributed by atoms with E-state index in [2.05, 4.69) is 15.3 Å². The summed E-state index contributed by atoms with van der Waals surface area (Å²) in [5, 5.41) is 4.35. The van der Waals surface area contributed by atoms with Gasteiger partial charge >= 0.3 is 0 Å². The lowest BCUT2D eigenvalue weighted by Gasteiger charge is -2.08. The molecule has 6 heteroatoms. The van der Waals surface area contributed by atoms with Crippen molar-refractivity contribution in [2.45, 2.75) is 6.92 Å². The topological polar surface area (TPSA) is 64.1 Å². The Morgan fingerprint density at radius 2 is 1.92 bits per heavy atom. The number of hydrogen-bond acceptors (Lipinski definition) is 5. The van der Waals surface area contributed by atoms with Crippen LogP contribution in [-0.4, -0.2) is 23.0 Å². The van der Waals surface area contributed by atoms with Gasteiger partial charge in [-0.3, -0.25) is 15.1 Å². The summed E-state index contributed by atoms with van der Waals surface area (Å²) in [6.07, 6.45) is 0. The second kappa shape index (κ2) is 6.14. The number of benzene rings is 2. The highest BCUT2D eigenvalue weighted by atomic mass is 32.1. The Kier molecular flexibility index (Phi) is 3.82. The Morgan fingerprint density at radius 3 is 2.72 bits per heavy atom. The highest BCUT2D eigenvalue weighted by Crippen LogP contribution is 2.27. The lowest BCUT2D eigenvalue weighted by molar-refractivity contribution is 0.102. The van der Waals surface area contributed by atoms with Crippen LogP contribution in [-0.2, 0) is 0 Å². The highest BCUT2D eigenvalue weighted by Gasteiger charge is 2.14. The molecule has 2 aromatic carbocycles. The van der Waals surface area contributed by atoms with Crippen molar-refractivity contribution in [1.29, 1.82) is 0 Å². The van der Waals surface area contributed by atoms with Gasteiger partial charge in [-0.2, -0.15) is 0 Å². The fraction of sp³-hybridized carbons (Fsp3) is 0.105. The van der Waals surface area contributed by atoms with E-state index in [4.69, 9.17) is 4.74 Å². The van der Waals surface area contributed by atoms with E-state index in [0.717, 1.165) is 26.9 Å². The average Bonchev–Trinajstić information content (AvgIpc) is 3.02. The van der Waals surface area contributed by atoms with E-state index in [9.17, 15) is 4.79 Å². The van der Waals surface area contributed by atoms with Gasteiger partial charge in [0.1, 0.15) is 5.75 Å². The predicted molar refractivity (Wildman–Crippen MR) is 101 cm³/mol. The van der Waals surface area contributed by atoms with Crippen molar-refractivity contribution < 1.29 is 9.53 Å². The summed E-state index contributed by atoms with van der Waals surface area (Å²) >= 11 is 1.45. The Morgan fingerprint density at radius 1 is 1.08 bits per heavy atom. The van der Waals surface area contributed by atoms with Crippen LogP contribution in [0.2, 0.25) is 0 Å². The summed E-state index contributed by atoms with van der Waals surface area (Å²) < 4.78 is 6.26. The quantitative estimate of drug-likeness (QED) is 0.595. The van der Waals surface area contributed by atoms with Crippen LogP contribution in [0.15, 0.2) is 48.5 Å². The Labute approximate surface area is 148 Å². The van der Waals surface area contributed by atoms with Crippen LogP contribution in [0.1, 0.15) is 16.1 Å². The molecule has 0 atom stereocenters. The van der Waals surface area contributed by atoms with E-state index >= 15 is 0 Å². The van der Waals surface area contributed by atoms with Crippen LogP contribution < -0.4 is 10.1 Å². The van der Waals surface area contributed by atoms with Crippen LogP contribution in [0.25, 0.3) is 21.1 Å². The number of nitrogens with one attached hydrogen (secondary N) is 1. The molecule has 4 rings (SSSR count). The number of ether oxygens (including phenoxy) is 1. The van der Waals surface area contributed by atoms with Crippen molar-refractivity contribution in [2.75, 3.05) is 12.4 Å². The molecule has 25 heavy (non-hydrogen) atoms. The van der Waals surface area contributed by atoms with Gasteiger partial charge in [-0.15, -0.1) is 0 Å². The smallest absolute Gasteiger partial charge is 0.259 e. The lowest BCUT2D eigenvalue weighted by atomic mass is 10.1. The minimum Gasteiger partial charge on any atom is -0.497 e. The third-order valence-corrected chi connectivity index (χ3v) is 4.93. The fourth-order valence-electron chi connectivity index (χ4n) is 2.69. The van der Waals surface area contributed by atoms with E-state index in [1.807, 2.05) is 55.5 Å². The first-order chi connectivity index (χ1) is 12.1. The van der Waals surface area contributed by atoms with Gasteiger partial charge in [-0.25, -0.2) is 4.98 Å². The Bertz CT molecular complexity index is 1070. The van der Waals surface area contributed by atoms with Gasteiger partial charge in [0.15, 0.2) is 5.13 Å². The SMILES string of the molecule is COc1ccc2cc(C(=O)Nc3nc4ccccc4s3)c(C)nc2c1. The summed E-state index contributed by atoms with van der Waals surface area (Å²) in [6, 6.07) is 15.3. The first kappa shape index (κ1) is 15.5. The molecule has 0 saturated heterocycles. The molecule has 0 aliphatic heterocycles. The van der Waals surface area contributed by atoms with Crippen LogP contribution >= 0.6 is 11.3 Å². The molecule has 124 valence electrons. The van der Waals surface area contributed by atoms with Gasteiger partial charge in [-0.05, 0) is 37.3 Å². The number of amides is 1. The number of carbonyl (C=O) groups is 1. The van der Waals surface area contributed by atoms with Crippen molar-refractivity contribution >= 4 is 43.5 Å². The molecule has 0 spiro atoms. The average molecular weight is 349 g/mol. The summed E-state index contributed by atoms with van der Waals surface area (Å²) in [6.45, 7) is 1.83. The molecule has 1 amide bonds. The van der Waals surface area contributed by atoms with Gasteiger partial charge < -0.3 is 4.74 Å². The minimum atomic E-state index is -0.207. The number of anilines is 1. The molecule has 0 unspecified atom stereocenters. The van der Waals surface area contributed by atoms with Crippen LogP contribution in [0, 0.1) is 6.92 Å². The standard InChI is InChI=1S/C19H15N3O2S/c1-11-14(9-12-7-8-13(24-2)10-16(12)20-11)18(23)22-19-21-15-5-3-4-6-17(15)25-19/h3-10H,1-2H3,(H,21,22,23). The van der Waals surface area contributed by atoms with Gasteiger partial charge in [0.2, 0.25) is 0 Å². The maximum Gasteiger partial charge on any atom is 0.259 e. The molecular formula is C19H15N3O2S. The normalized spacial score (nSPS) is 11.0. The summed E-state index contributed by atoms with van der Waals surface area (Å²) in [5.74, 6) is 0.535. The Hall–Kier alpha value is -2.99. The van der Waals surface area contributed by atoms with Gasteiger partial charge in [0.05, 0.1) is 34.1 Å². The molecular weight excluding hydrogens is 334 g/mol. The number of aromatic nitrogens is 2. The Balaban J connectivity index is 1.68. The molecule has 0 aliphatic carbocycles. The van der Waals surface area contributed by atoms with Gasteiger partial charge in [0, 0.05) is 11.5 Å². The van der Waals surface area contributed by atoms with E-state index in [0.29, 0.717) is 16.4 Å². The number of nitrogens with zero attached hydrogens (tertiary/aromatic N) is 2. The van der Waals surface area contributed by atoms with Crippen molar-refractivity contribution in [3.05, 3.63) is 59.8 Å². The molecule has 0 bridgehead atoms. The second-order valence-electron chi connectivity index (χ2n) is 5.62. The molecule has 0 radical (unpaired) electrons. The van der Waals surface area contributed by atoms with E-state index in [1.165, 1.54) is 11.3 Å². The number of methoxy groups -OCH3 is 1. The minimum absolute atomic E-state index is 0.207. The zero-order valence-electron chi connectivity index (χ0n) is 13.7. The van der Waals surface area contributed by atoms with E-state index < -0.39 is 0 Å². The number of carbonyl (C=O) groups excluding carboxylic acids is 1. The zero-order valence-corrected chi connectivity index (χ0v) is 14.6. The second-order valence-corrected chi connectivity index (χ2v) is 6.65. The number of rotatable bonds is 3. The maximum atomic E-state index is 12.7. The molecule has 0 fully saturated rings. The monoisotopic (exact) mass is 349 g/mol. The molecule has 0 saturated carbocycles. The van der Waals surface area contributed by atoms with E-state index in [1.54, 1.807) is 7.11 Å². The number of fused-ring (bicyclic) bond motifs is 2. The molecule has 4 aromatic rings. The predicted octanol–water partition coefficient (Wildman–Crippen LogP) is 4.41. The van der Waals surface area contributed by atoms with E-state index in [-0.39, 0.29) is 5.91 Å². The van der Waals surface area contributed by atoms with Gasteiger partial charge in [0.25, 0.3) is 5.91 Å². The summed E-state index contributed by atoms with van der Waals surface area (Å²) in [7, 11) is 1.62. The van der Waals surface area contributed by atoms with Crippen molar-refractivity contribution in [3.63, 3.8) is 0 Å². The third kappa shape index (κ3) is 2.92. The number of para-hydroxylation sites is 1. The highest BCUT2D eigenvalue weighted by molar-refractivity contribution is 7.22. The third-order valence-electron chi connectivity index (χ3n) is 3.97. The number of hydrogen-bond donors (Lipinski definition) is 1. The maximum absolute atomic E-state index is 12.7. The van der Waals surface area contributed by atoms with Crippen molar-refractivity contribution in [1.82, 2.24) is 9.97 Å². The van der Waals surface area contributed by atoms with Crippen LogP contribution in [0.5, 0.6) is 5.75 Å². The largest absolute Gasteiger partial charge is 0.497 e. The zero-order chi connectivity index (χ0) is 17.4. The molecule has 2 heterocycles. The van der Waals surface area contributed by atoms with Gasteiger partial charge in [-0.1, -0.05) is 23.5 Å². The van der Waals surface area contributed by atoms with Crippen molar-refractivity contribution in [3.8, 4) is 5.75 Å². The number of pyridine rings is 1. The number of aryl methyl sites for hydroxylation is 1. The first-order valence-corrected chi connectivity index (χ1v) is 8.58. The fourth-order valence-corrected chi connectivity index (χ4v) is 3.55. The van der Waals surface area contributed by atoms with Crippen LogP contribution in [0.4, 0.5) is 5.13 Å². The summed E-state index contributed by atoms with van der Waals surface area (Å²) in [5.41, 5.74) is 2.88. The first-order valence-electron chi connectivity index (χ1n) is 7.76. The molecule has 5 nitrogen and oxygen atoms in total. The van der Waals surface area contributed by atoms with Crippen molar-refractivity contribution in [2.24, 2.45) is 0 Å². The van der Waals surface area contributed by atoms with Crippen LogP contribution in [0.3, 0.4) is 0 Å². The number of thiazole rings is 1. The molecule has 0 aliphatic rings. The lowest BCUT2D eigenvalue weighted by Crippen LogP contribution is -2.14. The molecule has 1 N–H and O–H groups in total.